The van der Waals surface area contributed by atoms with Gasteiger partial charge in [0.25, 0.3) is 0 Å². The van der Waals surface area contributed by atoms with Gasteiger partial charge in [-0.25, -0.2) is 0 Å². The second-order valence-corrected chi connectivity index (χ2v) is 4.03. The minimum Gasteiger partial charge on any atom is -0.481 e. The number of anilines is 1. The van der Waals surface area contributed by atoms with Crippen molar-refractivity contribution >= 4 is 17.6 Å². The highest BCUT2D eigenvalue weighted by Crippen LogP contribution is 2.15. The van der Waals surface area contributed by atoms with Crippen LogP contribution in [0.3, 0.4) is 0 Å². The highest BCUT2D eigenvalue weighted by atomic mass is 16.4. The van der Waals surface area contributed by atoms with Gasteiger partial charge >= 0.3 is 5.97 Å². The zero-order valence-corrected chi connectivity index (χ0v) is 10.1. The Labute approximate surface area is 101 Å². The molecule has 2 N–H and O–H groups in total. The highest BCUT2D eigenvalue weighted by Gasteiger charge is 2.15. The van der Waals surface area contributed by atoms with E-state index in [4.69, 9.17) is 5.11 Å². The van der Waals surface area contributed by atoms with E-state index in [0.29, 0.717) is 12.8 Å². The molecule has 0 aliphatic heterocycles. The molecule has 0 aliphatic carbocycles. The Morgan fingerprint density at radius 2 is 1.88 bits per heavy atom. The van der Waals surface area contributed by atoms with Crippen molar-refractivity contribution in [2.45, 2.75) is 26.7 Å². The van der Waals surface area contributed by atoms with Gasteiger partial charge in [-0.05, 0) is 30.5 Å². The predicted octanol–water partition coefficient (Wildman–Crippen LogP) is 2.30. The minimum atomic E-state index is -0.765. The van der Waals surface area contributed by atoms with E-state index in [1.165, 1.54) is 6.92 Å². The fraction of sp³-hybridized carbons (Fsp3) is 0.385. The summed E-state index contributed by atoms with van der Waals surface area (Å²) >= 11 is 0. The van der Waals surface area contributed by atoms with Gasteiger partial charge in [0.05, 0.1) is 5.92 Å². The van der Waals surface area contributed by atoms with E-state index in [2.05, 4.69) is 5.32 Å². The molecule has 1 amide bonds. The van der Waals surface area contributed by atoms with E-state index < -0.39 is 5.97 Å². The molecule has 0 aromatic heterocycles. The van der Waals surface area contributed by atoms with Crippen LogP contribution in [-0.4, -0.2) is 17.0 Å². The SMILES string of the molecule is CCC(Cc1ccc(NC(C)=O)cc1)C(=O)O. The van der Waals surface area contributed by atoms with E-state index in [9.17, 15) is 9.59 Å². The summed E-state index contributed by atoms with van der Waals surface area (Å²) in [5.41, 5.74) is 1.69. The molecule has 0 bridgehead atoms. The molecule has 0 saturated heterocycles. The van der Waals surface area contributed by atoms with Gasteiger partial charge in [0.15, 0.2) is 0 Å². The largest absolute Gasteiger partial charge is 0.481 e. The van der Waals surface area contributed by atoms with Gasteiger partial charge in [-0.1, -0.05) is 19.1 Å². The average molecular weight is 235 g/mol. The monoisotopic (exact) mass is 235 g/mol. The topological polar surface area (TPSA) is 66.4 Å². The van der Waals surface area contributed by atoms with Crippen LogP contribution in [0.1, 0.15) is 25.8 Å². The molecule has 1 aromatic rings. The first-order valence-corrected chi connectivity index (χ1v) is 5.62. The van der Waals surface area contributed by atoms with Gasteiger partial charge in [-0.3, -0.25) is 9.59 Å². The molecule has 17 heavy (non-hydrogen) atoms. The Balaban J connectivity index is 2.67. The van der Waals surface area contributed by atoms with E-state index in [-0.39, 0.29) is 11.8 Å². The third-order valence-electron chi connectivity index (χ3n) is 2.60. The summed E-state index contributed by atoms with van der Waals surface area (Å²) in [5, 5.41) is 11.6. The van der Waals surface area contributed by atoms with Crippen LogP contribution < -0.4 is 5.32 Å². The van der Waals surface area contributed by atoms with Crippen LogP contribution in [0.2, 0.25) is 0 Å². The molecule has 0 saturated carbocycles. The number of carboxylic acid groups (broad SMARTS) is 1. The lowest BCUT2D eigenvalue weighted by Gasteiger charge is -2.10. The number of hydrogen-bond acceptors (Lipinski definition) is 2. The predicted molar refractivity (Wildman–Crippen MR) is 65.9 cm³/mol. The summed E-state index contributed by atoms with van der Waals surface area (Å²) in [6.07, 6.45) is 1.13. The van der Waals surface area contributed by atoms with Gasteiger partial charge in [0.2, 0.25) is 5.91 Å². The van der Waals surface area contributed by atoms with Crippen molar-refractivity contribution in [1.82, 2.24) is 0 Å². The van der Waals surface area contributed by atoms with Gasteiger partial charge in [-0.2, -0.15) is 0 Å². The molecule has 92 valence electrons. The molecule has 0 spiro atoms. The van der Waals surface area contributed by atoms with Crippen LogP contribution in [0.25, 0.3) is 0 Å². The molecule has 0 radical (unpaired) electrons. The summed E-state index contributed by atoms with van der Waals surface area (Å²) < 4.78 is 0. The molecule has 1 atom stereocenters. The summed E-state index contributed by atoms with van der Waals surface area (Å²) in [6, 6.07) is 7.25. The maximum Gasteiger partial charge on any atom is 0.306 e. The maximum atomic E-state index is 10.9. The average Bonchev–Trinajstić information content (AvgIpc) is 2.26. The molecular weight excluding hydrogens is 218 g/mol. The summed E-state index contributed by atoms with van der Waals surface area (Å²) in [7, 11) is 0. The number of nitrogens with one attached hydrogen (secondary N) is 1. The number of aliphatic carboxylic acids is 1. The highest BCUT2D eigenvalue weighted by molar-refractivity contribution is 5.88. The van der Waals surface area contributed by atoms with Gasteiger partial charge < -0.3 is 10.4 Å². The van der Waals surface area contributed by atoms with Crippen molar-refractivity contribution < 1.29 is 14.7 Å². The number of hydrogen-bond donors (Lipinski definition) is 2. The number of amides is 1. The van der Waals surface area contributed by atoms with Crippen molar-refractivity contribution in [3.05, 3.63) is 29.8 Å². The Morgan fingerprint density at radius 3 is 2.29 bits per heavy atom. The lowest BCUT2D eigenvalue weighted by Crippen LogP contribution is -2.15. The molecule has 1 aromatic carbocycles. The standard InChI is InChI=1S/C13H17NO3/c1-3-11(13(16)17)8-10-4-6-12(7-5-10)14-9(2)15/h4-7,11H,3,8H2,1-2H3,(H,14,15)(H,16,17). The Bertz CT molecular complexity index is 398. The molecule has 0 aliphatic rings. The first-order chi connectivity index (χ1) is 8.02. The number of benzene rings is 1. The number of carbonyl (C=O) groups is 2. The summed E-state index contributed by atoms with van der Waals surface area (Å²) in [5.74, 6) is -1.23. The molecular formula is C13H17NO3. The number of rotatable bonds is 5. The lowest BCUT2D eigenvalue weighted by molar-refractivity contribution is -0.141. The van der Waals surface area contributed by atoms with E-state index >= 15 is 0 Å². The Kier molecular flexibility index (Phi) is 4.69. The zero-order chi connectivity index (χ0) is 12.8. The Morgan fingerprint density at radius 1 is 1.29 bits per heavy atom. The first-order valence-electron chi connectivity index (χ1n) is 5.62. The van der Waals surface area contributed by atoms with E-state index in [0.717, 1.165) is 11.3 Å². The third kappa shape index (κ3) is 4.26. The maximum absolute atomic E-state index is 10.9. The van der Waals surface area contributed by atoms with E-state index in [1.54, 1.807) is 12.1 Å². The molecule has 1 unspecified atom stereocenters. The van der Waals surface area contributed by atoms with Crippen LogP contribution in [-0.2, 0) is 16.0 Å². The van der Waals surface area contributed by atoms with Crippen molar-refractivity contribution in [2.75, 3.05) is 5.32 Å². The first kappa shape index (κ1) is 13.2. The normalized spacial score (nSPS) is 11.9. The smallest absolute Gasteiger partial charge is 0.306 e. The third-order valence-corrected chi connectivity index (χ3v) is 2.60. The summed E-state index contributed by atoms with van der Waals surface area (Å²) in [6.45, 7) is 3.32. The van der Waals surface area contributed by atoms with Crippen molar-refractivity contribution in [3.63, 3.8) is 0 Å². The van der Waals surface area contributed by atoms with Crippen LogP contribution >= 0.6 is 0 Å². The van der Waals surface area contributed by atoms with Crippen LogP contribution in [0.4, 0.5) is 5.69 Å². The second kappa shape index (κ2) is 6.03. The van der Waals surface area contributed by atoms with Crippen molar-refractivity contribution in [2.24, 2.45) is 5.92 Å². The van der Waals surface area contributed by atoms with Crippen LogP contribution in [0, 0.1) is 5.92 Å². The number of carboxylic acids is 1. The minimum absolute atomic E-state index is 0.116. The van der Waals surface area contributed by atoms with Gasteiger partial charge in [0.1, 0.15) is 0 Å². The van der Waals surface area contributed by atoms with E-state index in [1.807, 2.05) is 19.1 Å². The van der Waals surface area contributed by atoms with Crippen LogP contribution in [0.15, 0.2) is 24.3 Å². The van der Waals surface area contributed by atoms with Crippen molar-refractivity contribution in [1.29, 1.82) is 0 Å². The van der Waals surface area contributed by atoms with Gasteiger partial charge in [-0.15, -0.1) is 0 Å². The van der Waals surface area contributed by atoms with Crippen LogP contribution in [0.5, 0.6) is 0 Å². The van der Waals surface area contributed by atoms with Crippen molar-refractivity contribution in [3.8, 4) is 0 Å². The molecule has 0 heterocycles. The zero-order valence-electron chi connectivity index (χ0n) is 10.1. The van der Waals surface area contributed by atoms with Gasteiger partial charge in [0, 0.05) is 12.6 Å². The summed E-state index contributed by atoms with van der Waals surface area (Å²) in [4.78, 5) is 21.7. The Hall–Kier alpha value is -1.84. The fourth-order valence-electron chi connectivity index (χ4n) is 1.62. The quantitative estimate of drug-likeness (QED) is 0.822. The number of carbonyl (C=O) groups excluding carboxylic acids is 1. The molecule has 1 rings (SSSR count). The lowest BCUT2D eigenvalue weighted by atomic mass is 9.97. The fourth-order valence-corrected chi connectivity index (χ4v) is 1.62. The second-order valence-electron chi connectivity index (χ2n) is 4.03. The molecule has 0 fully saturated rings. The molecule has 4 nitrogen and oxygen atoms in total. The molecule has 4 heteroatoms.